The minimum absolute atomic E-state index is 0.199. The van der Waals surface area contributed by atoms with E-state index in [0.29, 0.717) is 19.1 Å². The first-order valence-electron chi connectivity index (χ1n) is 8.91. The van der Waals surface area contributed by atoms with Gasteiger partial charge in [-0.15, -0.1) is 11.3 Å². The van der Waals surface area contributed by atoms with Crippen LogP contribution in [0.5, 0.6) is 0 Å². The van der Waals surface area contributed by atoms with E-state index in [-0.39, 0.29) is 6.03 Å². The number of morpholine rings is 1. The topological polar surface area (TPSA) is 45.7 Å². The van der Waals surface area contributed by atoms with E-state index in [4.69, 9.17) is 9.72 Å². The maximum Gasteiger partial charge on any atom is 0.320 e. The van der Waals surface area contributed by atoms with Gasteiger partial charge in [-0.05, 0) is 38.5 Å². The smallest absolute Gasteiger partial charge is 0.320 e. The van der Waals surface area contributed by atoms with Crippen LogP contribution < -0.4 is 0 Å². The van der Waals surface area contributed by atoms with E-state index in [1.165, 1.54) is 41.3 Å². The normalized spacial score (nSPS) is 23.0. The van der Waals surface area contributed by atoms with E-state index in [1.807, 2.05) is 21.1 Å². The van der Waals surface area contributed by atoms with Crippen LogP contribution >= 0.6 is 11.3 Å². The molecule has 5 nitrogen and oxygen atoms in total. The van der Waals surface area contributed by atoms with Gasteiger partial charge in [0.15, 0.2) is 0 Å². The van der Waals surface area contributed by atoms with Crippen LogP contribution in [0.3, 0.4) is 0 Å². The van der Waals surface area contributed by atoms with Crippen molar-refractivity contribution in [1.82, 2.24) is 14.8 Å². The number of carbonyl (C=O) groups excluding carboxylic acids is 1. The molecule has 0 unspecified atom stereocenters. The summed E-state index contributed by atoms with van der Waals surface area (Å²) in [5.74, 6) is 0.555. The van der Waals surface area contributed by atoms with E-state index in [0.717, 1.165) is 39.0 Å². The molecule has 1 aliphatic carbocycles. The van der Waals surface area contributed by atoms with Crippen molar-refractivity contribution in [1.29, 1.82) is 0 Å². The summed E-state index contributed by atoms with van der Waals surface area (Å²) < 4.78 is 5.33. The Labute approximate surface area is 141 Å². The van der Waals surface area contributed by atoms with Gasteiger partial charge in [-0.3, -0.25) is 0 Å². The number of amides is 2. The molecule has 0 bridgehead atoms. The summed E-state index contributed by atoms with van der Waals surface area (Å²) in [6, 6.07) is 0.199. The minimum Gasteiger partial charge on any atom is -0.378 e. The van der Waals surface area contributed by atoms with Gasteiger partial charge in [0.05, 0.1) is 23.9 Å². The summed E-state index contributed by atoms with van der Waals surface area (Å²) in [6.45, 7) is 4.55. The molecule has 4 rings (SSSR count). The van der Waals surface area contributed by atoms with Gasteiger partial charge in [0.1, 0.15) is 0 Å². The highest BCUT2D eigenvalue weighted by Gasteiger charge is 2.29. The monoisotopic (exact) mass is 335 g/mol. The summed E-state index contributed by atoms with van der Waals surface area (Å²) in [5.41, 5.74) is 1.36. The van der Waals surface area contributed by atoms with Crippen LogP contribution in [0.2, 0.25) is 0 Å². The largest absolute Gasteiger partial charge is 0.378 e. The average Bonchev–Trinajstić information content (AvgIpc) is 3.06. The molecule has 1 aromatic heterocycles. The van der Waals surface area contributed by atoms with E-state index in [1.54, 1.807) is 0 Å². The van der Waals surface area contributed by atoms with Gasteiger partial charge in [0, 0.05) is 37.0 Å². The number of thiazole rings is 1. The third-order valence-corrected chi connectivity index (χ3v) is 6.58. The second-order valence-corrected chi connectivity index (χ2v) is 7.89. The summed E-state index contributed by atoms with van der Waals surface area (Å²) >= 11 is 1.94. The zero-order chi connectivity index (χ0) is 15.6. The van der Waals surface area contributed by atoms with Crippen LogP contribution in [0.15, 0.2) is 0 Å². The fourth-order valence-corrected chi connectivity index (χ4v) is 5.14. The van der Waals surface area contributed by atoms with Gasteiger partial charge in [0.25, 0.3) is 0 Å². The number of fused-ring (bicyclic) bond motifs is 1. The molecule has 0 saturated carbocycles. The van der Waals surface area contributed by atoms with E-state index in [2.05, 4.69) is 0 Å². The summed E-state index contributed by atoms with van der Waals surface area (Å²) in [7, 11) is 0. The van der Waals surface area contributed by atoms with Gasteiger partial charge < -0.3 is 14.5 Å². The number of urea groups is 1. The first kappa shape index (κ1) is 15.4. The highest BCUT2D eigenvalue weighted by atomic mass is 32.1. The number of hydrogen-bond donors (Lipinski definition) is 0. The first-order valence-corrected chi connectivity index (χ1v) is 9.73. The van der Waals surface area contributed by atoms with E-state index >= 15 is 0 Å². The molecule has 2 fully saturated rings. The number of aromatic nitrogens is 1. The van der Waals surface area contributed by atoms with E-state index in [9.17, 15) is 4.79 Å². The van der Waals surface area contributed by atoms with Gasteiger partial charge in [0.2, 0.25) is 0 Å². The number of nitrogens with zero attached hydrogens (tertiary/aromatic N) is 3. The fraction of sp³-hybridized carbons (Fsp3) is 0.765. The number of likely N-dealkylation sites (tertiary alicyclic amines) is 1. The first-order chi connectivity index (χ1) is 11.3. The zero-order valence-corrected chi connectivity index (χ0v) is 14.4. The van der Waals surface area contributed by atoms with Gasteiger partial charge >= 0.3 is 6.03 Å². The average molecular weight is 335 g/mol. The lowest BCUT2D eigenvalue weighted by molar-refractivity contribution is 0.0411. The predicted molar refractivity (Wildman–Crippen MR) is 90.1 cm³/mol. The quantitative estimate of drug-likeness (QED) is 0.792. The van der Waals surface area contributed by atoms with Crippen LogP contribution in [-0.2, 0) is 17.6 Å². The number of hydrogen-bond acceptors (Lipinski definition) is 4. The molecule has 3 aliphatic rings. The SMILES string of the molecule is O=C(N1CCOCC1)N1CCC(c2nc3c(s2)CCCC3)CC1. The van der Waals surface area contributed by atoms with Crippen LogP contribution in [0.4, 0.5) is 4.79 Å². The Kier molecular flexibility index (Phi) is 4.53. The Balaban J connectivity index is 1.35. The predicted octanol–water partition coefficient (Wildman–Crippen LogP) is 2.65. The lowest BCUT2D eigenvalue weighted by atomic mass is 9.97. The molecular formula is C17H25N3O2S. The summed E-state index contributed by atoms with van der Waals surface area (Å²) in [6.07, 6.45) is 7.12. The molecule has 3 heterocycles. The van der Waals surface area contributed by atoms with Crippen molar-refractivity contribution in [3.63, 3.8) is 0 Å². The standard InChI is InChI=1S/C17H25N3O2S/c21-17(20-9-11-22-12-10-20)19-7-5-13(6-8-19)16-18-14-3-1-2-4-15(14)23-16/h13H,1-12H2. The van der Waals surface area contributed by atoms with Crippen molar-refractivity contribution >= 4 is 17.4 Å². The van der Waals surface area contributed by atoms with Crippen molar-refractivity contribution in [2.24, 2.45) is 0 Å². The number of aryl methyl sites for hydroxylation is 2. The third kappa shape index (κ3) is 3.24. The van der Waals surface area contributed by atoms with Crippen molar-refractivity contribution in [3.8, 4) is 0 Å². The maximum absolute atomic E-state index is 12.5. The van der Waals surface area contributed by atoms with Crippen molar-refractivity contribution < 1.29 is 9.53 Å². The molecule has 0 spiro atoms. The third-order valence-electron chi connectivity index (χ3n) is 5.26. The Morgan fingerprint density at radius 3 is 2.48 bits per heavy atom. The molecule has 0 radical (unpaired) electrons. The molecule has 2 amide bonds. The van der Waals surface area contributed by atoms with Crippen molar-refractivity contribution in [2.45, 2.75) is 44.4 Å². The van der Waals surface area contributed by atoms with Crippen molar-refractivity contribution in [2.75, 3.05) is 39.4 Å². The number of piperidine rings is 1. The lowest BCUT2D eigenvalue weighted by Crippen LogP contribution is -2.50. The van der Waals surface area contributed by atoms with Gasteiger partial charge in [-0.25, -0.2) is 9.78 Å². The van der Waals surface area contributed by atoms with Crippen LogP contribution in [0, 0.1) is 0 Å². The fourth-order valence-electron chi connectivity index (χ4n) is 3.82. The summed E-state index contributed by atoms with van der Waals surface area (Å²) in [4.78, 5) is 22.9. The lowest BCUT2D eigenvalue weighted by Gasteiger charge is -2.36. The van der Waals surface area contributed by atoms with E-state index < -0.39 is 0 Å². The van der Waals surface area contributed by atoms with Crippen LogP contribution in [-0.4, -0.2) is 60.2 Å². The maximum atomic E-state index is 12.5. The number of carbonyl (C=O) groups is 1. The minimum atomic E-state index is 0.199. The van der Waals surface area contributed by atoms with Crippen molar-refractivity contribution in [3.05, 3.63) is 15.6 Å². The molecule has 1 aromatic rings. The Morgan fingerprint density at radius 2 is 1.74 bits per heavy atom. The molecule has 2 saturated heterocycles. The molecule has 0 N–H and O–H groups in total. The molecule has 23 heavy (non-hydrogen) atoms. The van der Waals surface area contributed by atoms with Crippen LogP contribution in [0.1, 0.15) is 47.2 Å². The second kappa shape index (κ2) is 6.77. The molecule has 126 valence electrons. The number of rotatable bonds is 1. The molecule has 0 aromatic carbocycles. The Bertz CT molecular complexity index is 537. The molecule has 2 aliphatic heterocycles. The molecule has 6 heteroatoms. The Morgan fingerprint density at radius 1 is 1.04 bits per heavy atom. The zero-order valence-electron chi connectivity index (χ0n) is 13.6. The number of ether oxygens (including phenoxy) is 1. The highest BCUT2D eigenvalue weighted by Crippen LogP contribution is 2.35. The summed E-state index contributed by atoms with van der Waals surface area (Å²) in [5, 5.41) is 1.33. The molecule has 0 atom stereocenters. The Hall–Kier alpha value is -1.14. The van der Waals surface area contributed by atoms with Crippen LogP contribution in [0.25, 0.3) is 0 Å². The highest BCUT2D eigenvalue weighted by molar-refractivity contribution is 7.11. The van der Waals surface area contributed by atoms with Gasteiger partial charge in [-0.1, -0.05) is 0 Å². The van der Waals surface area contributed by atoms with Gasteiger partial charge in [-0.2, -0.15) is 0 Å². The second-order valence-electron chi connectivity index (χ2n) is 6.77. The molecular weight excluding hydrogens is 310 g/mol.